The molecule has 0 radical (unpaired) electrons. The highest BCUT2D eigenvalue weighted by atomic mass is 35.5. The van der Waals surface area contributed by atoms with E-state index in [2.05, 4.69) is 10.6 Å². The number of halogens is 2. The van der Waals surface area contributed by atoms with Crippen LogP contribution in [0.1, 0.15) is 10.4 Å². The van der Waals surface area contributed by atoms with Crippen molar-refractivity contribution in [2.75, 3.05) is 19.6 Å². The summed E-state index contributed by atoms with van der Waals surface area (Å²) in [5.41, 5.74) is 0.285. The number of nitrogens with one attached hydrogen (secondary N) is 2. The van der Waals surface area contributed by atoms with Gasteiger partial charge in [0.2, 0.25) is 5.91 Å². The van der Waals surface area contributed by atoms with Crippen molar-refractivity contribution in [2.24, 2.45) is 0 Å². The van der Waals surface area contributed by atoms with Crippen LogP contribution in [0.25, 0.3) is 0 Å². The van der Waals surface area contributed by atoms with Gasteiger partial charge in [-0.15, -0.1) is 0 Å². The molecule has 0 unspecified atom stereocenters. The summed E-state index contributed by atoms with van der Waals surface area (Å²) in [4.78, 5) is 35.5. The molecule has 1 aliphatic heterocycles. The first-order valence-corrected chi connectivity index (χ1v) is 6.56. The Kier molecular flexibility index (Phi) is 4.46. The lowest BCUT2D eigenvalue weighted by Gasteiger charge is -2.13. The number of hydrogen-bond donors (Lipinski definition) is 2. The van der Waals surface area contributed by atoms with Gasteiger partial charge < -0.3 is 10.6 Å². The molecule has 0 aliphatic carbocycles. The van der Waals surface area contributed by atoms with Gasteiger partial charge in [0.15, 0.2) is 0 Å². The highest BCUT2D eigenvalue weighted by Crippen LogP contribution is 2.20. The van der Waals surface area contributed by atoms with E-state index in [0.717, 1.165) is 4.90 Å². The Morgan fingerprint density at radius 1 is 1.35 bits per heavy atom. The van der Waals surface area contributed by atoms with Gasteiger partial charge in [0, 0.05) is 18.1 Å². The van der Waals surface area contributed by atoms with E-state index in [1.54, 1.807) is 6.07 Å². The largest absolute Gasteiger partial charge is 0.350 e. The molecule has 1 heterocycles. The average molecular weight is 316 g/mol. The lowest BCUT2D eigenvalue weighted by molar-refractivity contribution is -0.124. The van der Waals surface area contributed by atoms with Gasteiger partial charge in [-0.25, -0.2) is 4.79 Å². The van der Waals surface area contributed by atoms with E-state index in [9.17, 15) is 14.4 Å². The number of imide groups is 1. The lowest BCUT2D eigenvalue weighted by atomic mass is 10.2. The maximum atomic E-state index is 11.9. The van der Waals surface area contributed by atoms with Crippen LogP contribution < -0.4 is 10.6 Å². The summed E-state index contributed by atoms with van der Waals surface area (Å²) < 4.78 is 0. The summed E-state index contributed by atoms with van der Waals surface area (Å²) >= 11 is 11.6. The van der Waals surface area contributed by atoms with E-state index < -0.39 is 11.9 Å². The molecular weight excluding hydrogens is 305 g/mol. The summed E-state index contributed by atoms with van der Waals surface area (Å²) in [7, 11) is 0. The van der Waals surface area contributed by atoms with E-state index in [0.29, 0.717) is 5.02 Å². The second-order valence-electron chi connectivity index (χ2n) is 4.08. The van der Waals surface area contributed by atoms with Crippen LogP contribution in [0.2, 0.25) is 10.0 Å². The fourth-order valence-corrected chi connectivity index (χ4v) is 2.23. The van der Waals surface area contributed by atoms with E-state index in [-0.39, 0.29) is 36.1 Å². The lowest BCUT2D eigenvalue weighted by Crippen LogP contribution is -2.38. The van der Waals surface area contributed by atoms with Crippen molar-refractivity contribution in [1.82, 2.24) is 15.5 Å². The third-order valence-corrected chi connectivity index (χ3v) is 3.28. The van der Waals surface area contributed by atoms with Gasteiger partial charge in [-0.2, -0.15) is 0 Å². The quantitative estimate of drug-likeness (QED) is 0.821. The zero-order chi connectivity index (χ0) is 14.7. The van der Waals surface area contributed by atoms with Crippen molar-refractivity contribution in [1.29, 1.82) is 0 Å². The predicted octanol–water partition coefficient (Wildman–Crippen LogP) is 1.28. The Hall–Kier alpha value is -1.79. The molecule has 0 aromatic heterocycles. The maximum Gasteiger partial charge on any atom is 0.324 e. The van der Waals surface area contributed by atoms with Gasteiger partial charge in [0.05, 0.1) is 17.1 Å². The minimum absolute atomic E-state index is 0.00417. The smallest absolute Gasteiger partial charge is 0.324 e. The molecule has 8 heteroatoms. The molecule has 0 atom stereocenters. The van der Waals surface area contributed by atoms with E-state index in [1.807, 2.05) is 0 Å². The molecule has 1 saturated heterocycles. The average Bonchev–Trinajstić information content (AvgIpc) is 2.70. The highest BCUT2D eigenvalue weighted by molar-refractivity contribution is 6.36. The van der Waals surface area contributed by atoms with Crippen LogP contribution in [0.4, 0.5) is 4.79 Å². The number of rotatable bonds is 4. The van der Waals surface area contributed by atoms with Gasteiger partial charge in [-0.3, -0.25) is 14.5 Å². The topological polar surface area (TPSA) is 78.5 Å². The van der Waals surface area contributed by atoms with Gasteiger partial charge in [0.25, 0.3) is 5.91 Å². The summed E-state index contributed by atoms with van der Waals surface area (Å²) in [6.07, 6.45) is 0. The van der Waals surface area contributed by atoms with E-state index in [4.69, 9.17) is 23.2 Å². The number of carbonyl (C=O) groups is 3. The third kappa shape index (κ3) is 3.20. The minimum Gasteiger partial charge on any atom is -0.350 e. The van der Waals surface area contributed by atoms with Crippen LogP contribution in [0.5, 0.6) is 0 Å². The van der Waals surface area contributed by atoms with Crippen LogP contribution >= 0.6 is 23.2 Å². The Balaban J connectivity index is 1.89. The first-order valence-electron chi connectivity index (χ1n) is 5.80. The second kappa shape index (κ2) is 6.11. The van der Waals surface area contributed by atoms with Crippen molar-refractivity contribution in [3.05, 3.63) is 33.8 Å². The third-order valence-electron chi connectivity index (χ3n) is 2.73. The predicted molar refractivity (Wildman–Crippen MR) is 73.9 cm³/mol. The molecule has 0 saturated carbocycles. The molecule has 4 amide bonds. The zero-order valence-corrected chi connectivity index (χ0v) is 11.8. The van der Waals surface area contributed by atoms with Crippen LogP contribution in [0.15, 0.2) is 18.2 Å². The van der Waals surface area contributed by atoms with Crippen LogP contribution in [-0.4, -0.2) is 42.4 Å². The standard InChI is InChI=1S/C12H11Cl2N3O3/c13-7-1-2-8(9(14)5-7)11(19)15-3-4-17-10(18)6-16-12(17)20/h1-2,5H,3-4,6H2,(H,15,19)(H,16,20). The molecular formula is C12H11Cl2N3O3. The molecule has 1 aromatic rings. The number of benzene rings is 1. The second-order valence-corrected chi connectivity index (χ2v) is 4.93. The van der Waals surface area contributed by atoms with E-state index >= 15 is 0 Å². The molecule has 0 spiro atoms. The molecule has 6 nitrogen and oxygen atoms in total. The highest BCUT2D eigenvalue weighted by Gasteiger charge is 2.27. The number of carbonyl (C=O) groups excluding carboxylic acids is 3. The molecule has 1 aromatic carbocycles. The number of hydrogen-bond acceptors (Lipinski definition) is 3. The van der Waals surface area contributed by atoms with Gasteiger partial charge in [-0.05, 0) is 18.2 Å². The zero-order valence-electron chi connectivity index (χ0n) is 10.3. The fraction of sp³-hybridized carbons (Fsp3) is 0.250. The van der Waals surface area contributed by atoms with Crippen LogP contribution in [0, 0.1) is 0 Å². The SMILES string of the molecule is O=C(NCCN1C(=O)CNC1=O)c1ccc(Cl)cc1Cl. The van der Waals surface area contributed by atoms with Crippen molar-refractivity contribution in [3.63, 3.8) is 0 Å². The number of urea groups is 1. The van der Waals surface area contributed by atoms with Gasteiger partial charge in [0.1, 0.15) is 0 Å². The molecule has 0 bridgehead atoms. The first-order chi connectivity index (χ1) is 9.49. The monoisotopic (exact) mass is 315 g/mol. The molecule has 1 aliphatic rings. The summed E-state index contributed by atoms with van der Waals surface area (Å²) in [6, 6.07) is 4.08. The Labute approximate surface area is 125 Å². The molecule has 2 N–H and O–H groups in total. The molecule has 1 fully saturated rings. The maximum absolute atomic E-state index is 11.9. The summed E-state index contributed by atoms with van der Waals surface area (Å²) in [5, 5.41) is 5.66. The Morgan fingerprint density at radius 3 is 2.70 bits per heavy atom. The minimum atomic E-state index is -0.450. The normalized spacial score (nSPS) is 14.4. The number of amides is 4. The number of nitrogens with zero attached hydrogens (tertiary/aromatic N) is 1. The van der Waals surface area contributed by atoms with Gasteiger partial charge in [-0.1, -0.05) is 23.2 Å². The Morgan fingerprint density at radius 2 is 2.10 bits per heavy atom. The van der Waals surface area contributed by atoms with E-state index in [1.165, 1.54) is 12.1 Å². The summed E-state index contributed by atoms with van der Waals surface area (Å²) in [5.74, 6) is -0.701. The summed E-state index contributed by atoms with van der Waals surface area (Å²) in [6.45, 7) is 0.258. The van der Waals surface area contributed by atoms with Gasteiger partial charge >= 0.3 is 6.03 Å². The molecule has 106 valence electrons. The Bertz CT molecular complexity index is 561. The molecule has 20 heavy (non-hydrogen) atoms. The van der Waals surface area contributed by atoms with Crippen LogP contribution in [0.3, 0.4) is 0 Å². The fourth-order valence-electron chi connectivity index (χ4n) is 1.73. The first kappa shape index (κ1) is 14.6. The van der Waals surface area contributed by atoms with Crippen molar-refractivity contribution in [2.45, 2.75) is 0 Å². The van der Waals surface area contributed by atoms with Crippen molar-refractivity contribution >= 4 is 41.0 Å². The van der Waals surface area contributed by atoms with Crippen LogP contribution in [-0.2, 0) is 4.79 Å². The van der Waals surface area contributed by atoms with Crippen molar-refractivity contribution < 1.29 is 14.4 Å². The molecule has 2 rings (SSSR count). The van der Waals surface area contributed by atoms with Crippen molar-refractivity contribution in [3.8, 4) is 0 Å².